The van der Waals surface area contributed by atoms with Gasteiger partial charge in [-0.3, -0.25) is 19.2 Å². The molecule has 266 valence electrons. The van der Waals surface area contributed by atoms with E-state index in [2.05, 4.69) is 16.0 Å². The summed E-state index contributed by atoms with van der Waals surface area (Å²) in [5.74, 6) is -4.49. The lowest BCUT2D eigenvalue weighted by atomic mass is 9.80. The molecule has 0 aromatic carbocycles. The van der Waals surface area contributed by atoms with Gasteiger partial charge in [0.05, 0.1) is 6.04 Å². The van der Waals surface area contributed by atoms with E-state index in [-0.39, 0.29) is 24.8 Å². The number of nitrogens with zero attached hydrogens (tertiary/aromatic N) is 1. The summed E-state index contributed by atoms with van der Waals surface area (Å²) in [5, 5.41) is 8.27. The normalized spacial score (nSPS) is 22.9. The number of hydrogen-bond acceptors (Lipinski definition) is 7. The number of ketones is 1. The Morgan fingerprint density at radius 2 is 1.47 bits per heavy atom. The largest absolute Gasteiger partial charge is 0.458 e. The van der Waals surface area contributed by atoms with Crippen molar-refractivity contribution < 1.29 is 33.5 Å². The Hall–Kier alpha value is -2.60. The van der Waals surface area contributed by atoms with Crippen molar-refractivity contribution in [1.82, 2.24) is 20.9 Å². The van der Waals surface area contributed by atoms with Gasteiger partial charge in [-0.15, -0.1) is 23.2 Å². The van der Waals surface area contributed by atoms with Crippen LogP contribution >= 0.6 is 23.2 Å². The molecule has 3 fully saturated rings. The summed E-state index contributed by atoms with van der Waals surface area (Å²) in [5.41, 5.74) is 3.83. The van der Waals surface area contributed by atoms with Crippen LogP contribution in [0.15, 0.2) is 0 Å². The number of primary amides is 1. The first kappa shape index (κ1) is 38.8. The smallest absolute Gasteiger partial charge is 0.329 e. The maximum atomic E-state index is 14.4. The second-order valence-electron chi connectivity index (χ2n) is 15.4. The Morgan fingerprint density at radius 1 is 0.851 bits per heavy atom. The number of hydrogen-bond donors (Lipinski definition) is 4. The molecule has 0 aromatic rings. The second-order valence-corrected chi connectivity index (χ2v) is 16.6. The van der Waals surface area contributed by atoms with Crippen molar-refractivity contribution in [3.63, 3.8) is 0 Å². The van der Waals surface area contributed by atoms with Crippen LogP contribution in [0.4, 0.5) is 4.79 Å². The molecule has 47 heavy (non-hydrogen) atoms. The minimum Gasteiger partial charge on any atom is -0.458 e. The van der Waals surface area contributed by atoms with Crippen molar-refractivity contribution in [3.05, 3.63) is 0 Å². The molecule has 0 bridgehead atoms. The van der Waals surface area contributed by atoms with E-state index >= 15 is 0 Å². The highest BCUT2D eigenvalue weighted by molar-refractivity contribution is 6.44. The third-order valence-electron chi connectivity index (χ3n) is 9.45. The second kappa shape index (κ2) is 16.2. The minimum absolute atomic E-state index is 0.142. The summed E-state index contributed by atoms with van der Waals surface area (Å²) < 4.78 is 5.57. The minimum atomic E-state index is -1.15. The standard InChI is InChI=1S/C33H53Cl2N5O7/c1-32(2,3)25(30(45)47-33(4,5)6)39-31(46)38-22(19-13-8-7-9-14-19)29(44)40-16-15-20(26(34)35)23(40)28(43)37-21(24(41)27(36)42)17-18-11-10-12-18/h18-23,25-26H,7-17H2,1-6H3,(H2,36,42)(H,37,43)(H2,38,39,46)/t20?,21?,22-,23-,25+/m0/s1. The molecule has 2 saturated carbocycles. The van der Waals surface area contributed by atoms with E-state index in [1.54, 1.807) is 41.5 Å². The number of rotatable bonds is 12. The van der Waals surface area contributed by atoms with Gasteiger partial charge in [-0.1, -0.05) is 59.3 Å². The number of halogens is 2. The fourth-order valence-electron chi connectivity index (χ4n) is 6.72. The molecule has 1 heterocycles. The predicted octanol–water partition coefficient (Wildman–Crippen LogP) is 3.74. The molecular weight excluding hydrogens is 649 g/mol. The fourth-order valence-corrected chi connectivity index (χ4v) is 7.24. The first-order valence-corrected chi connectivity index (χ1v) is 17.7. The van der Waals surface area contributed by atoms with Gasteiger partial charge < -0.3 is 31.3 Å². The quantitative estimate of drug-likeness (QED) is 0.136. The molecule has 5 N–H and O–H groups in total. The van der Waals surface area contributed by atoms with Crippen molar-refractivity contribution in [2.75, 3.05) is 6.54 Å². The van der Waals surface area contributed by atoms with Gasteiger partial charge in [0.15, 0.2) is 0 Å². The van der Waals surface area contributed by atoms with Crippen LogP contribution < -0.4 is 21.7 Å². The number of likely N-dealkylation sites (tertiary alicyclic amines) is 1. The van der Waals surface area contributed by atoms with E-state index in [4.69, 9.17) is 33.7 Å². The average molecular weight is 703 g/mol. The van der Waals surface area contributed by atoms with E-state index in [9.17, 15) is 28.8 Å². The highest BCUT2D eigenvalue weighted by atomic mass is 35.5. The van der Waals surface area contributed by atoms with Crippen molar-refractivity contribution in [3.8, 4) is 0 Å². The summed E-state index contributed by atoms with van der Waals surface area (Å²) in [6, 6.07) is -5.01. The zero-order chi connectivity index (χ0) is 35.3. The topological polar surface area (TPSA) is 177 Å². The summed E-state index contributed by atoms with van der Waals surface area (Å²) in [4.78, 5) is 79.9. The maximum absolute atomic E-state index is 14.4. The number of nitrogens with two attached hydrogens (primary N) is 1. The summed E-state index contributed by atoms with van der Waals surface area (Å²) in [6.07, 6.45) is 7.45. The van der Waals surface area contributed by atoms with Crippen LogP contribution in [0.3, 0.4) is 0 Å². The molecule has 5 atom stereocenters. The molecule has 3 rings (SSSR count). The number of ether oxygens (including phenoxy) is 1. The highest BCUT2D eigenvalue weighted by Crippen LogP contribution is 2.36. The van der Waals surface area contributed by atoms with Crippen molar-refractivity contribution in [1.29, 1.82) is 0 Å². The Kier molecular flexibility index (Phi) is 13.4. The predicted molar refractivity (Wildman–Crippen MR) is 178 cm³/mol. The van der Waals surface area contributed by atoms with E-state index in [1.807, 2.05) is 0 Å². The number of esters is 1. The van der Waals surface area contributed by atoms with Crippen LogP contribution in [0, 0.1) is 23.2 Å². The molecule has 0 spiro atoms. The Morgan fingerprint density at radius 3 is 1.96 bits per heavy atom. The molecule has 2 unspecified atom stereocenters. The molecule has 0 radical (unpaired) electrons. The Bertz CT molecular complexity index is 1170. The van der Waals surface area contributed by atoms with Crippen LogP contribution in [0.5, 0.6) is 0 Å². The van der Waals surface area contributed by atoms with Crippen LogP contribution in [0.1, 0.15) is 106 Å². The zero-order valence-corrected chi connectivity index (χ0v) is 30.0. The van der Waals surface area contributed by atoms with Crippen molar-refractivity contribution in [2.24, 2.45) is 28.9 Å². The summed E-state index contributed by atoms with van der Waals surface area (Å²) >= 11 is 12.7. The zero-order valence-electron chi connectivity index (χ0n) is 28.5. The molecule has 14 heteroatoms. The van der Waals surface area contributed by atoms with Gasteiger partial charge in [0.1, 0.15) is 28.6 Å². The third kappa shape index (κ3) is 10.7. The number of urea groups is 1. The first-order chi connectivity index (χ1) is 21.8. The van der Waals surface area contributed by atoms with Crippen molar-refractivity contribution in [2.45, 2.75) is 140 Å². The van der Waals surface area contributed by atoms with E-state index in [1.165, 1.54) is 4.90 Å². The SMILES string of the molecule is CC(C)(C)OC(=O)[C@@H](NC(=O)N[C@H](C(=O)N1CCC(C(Cl)Cl)[C@H]1C(=O)NC(CC1CCC1)C(=O)C(N)=O)C1CCCCC1)C(C)(C)C. The lowest BCUT2D eigenvalue weighted by molar-refractivity contribution is -0.160. The molecule has 0 aromatic heterocycles. The lowest BCUT2D eigenvalue weighted by Crippen LogP contribution is -2.61. The van der Waals surface area contributed by atoms with Crippen LogP contribution in [0.25, 0.3) is 0 Å². The number of amides is 5. The maximum Gasteiger partial charge on any atom is 0.329 e. The lowest BCUT2D eigenvalue weighted by Gasteiger charge is -2.37. The van der Waals surface area contributed by atoms with E-state index in [0.717, 1.165) is 38.5 Å². The van der Waals surface area contributed by atoms with Crippen LogP contribution in [-0.4, -0.2) is 81.6 Å². The fraction of sp³-hybridized carbons (Fsp3) is 0.818. The van der Waals surface area contributed by atoms with Crippen molar-refractivity contribution >= 4 is 58.7 Å². The Labute approximate surface area is 288 Å². The van der Waals surface area contributed by atoms with Gasteiger partial charge in [-0.2, -0.15) is 0 Å². The summed E-state index contributed by atoms with van der Waals surface area (Å²) in [6.45, 7) is 10.8. The van der Waals surface area contributed by atoms with E-state index < -0.39 is 81.4 Å². The molecule has 1 saturated heterocycles. The number of carbonyl (C=O) groups is 6. The number of alkyl halides is 2. The van der Waals surface area contributed by atoms with Crippen LogP contribution in [-0.2, 0) is 28.7 Å². The molecular formula is C33H53Cl2N5O7. The van der Waals surface area contributed by atoms with E-state index in [0.29, 0.717) is 19.3 Å². The molecule has 1 aliphatic heterocycles. The Balaban J connectivity index is 1.87. The van der Waals surface area contributed by atoms with Crippen LogP contribution in [0.2, 0.25) is 0 Å². The third-order valence-corrected chi connectivity index (χ3v) is 10.1. The van der Waals surface area contributed by atoms with Gasteiger partial charge in [0, 0.05) is 12.5 Å². The molecule has 3 aliphatic rings. The molecule has 12 nitrogen and oxygen atoms in total. The number of Topliss-reactive ketones (excluding diaryl/α,β-unsaturated/α-hetero) is 1. The van der Waals surface area contributed by atoms with Gasteiger partial charge in [0.25, 0.3) is 5.91 Å². The highest BCUT2D eigenvalue weighted by Gasteiger charge is 2.48. The first-order valence-electron chi connectivity index (χ1n) is 16.8. The molecule has 2 aliphatic carbocycles. The average Bonchev–Trinajstić information content (AvgIpc) is 3.40. The van der Waals surface area contributed by atoms with Gasteiger partial charge in [0.2, 0.25) is 17.6 Å². The van der Waals surface area contributed by atoms with Gasteiger partial charge >= 0.3 is 12.0 Å². The summed E-state index contributed by atoms with van der Waals surface area (Å²) in [7, 11) is 0. The number of nitrogens with one attached hydrogen (secondary N) is 3. The monoisotopic (exact) mass is 701 g/mol. The van der Waals surface area contributed by atoms with Gasteiger partial charge in [-0.25, -0.2) is 9.59 Å². The molecule has 5 amide bonds. The number of carbonyl (C=O) groups excluding carboxylic acids is 6. The van der Waals surface area contributed by atoms with Gasteiger partial charge in [-0.05, 0) is 63.7 Å².